The molecule has 1 aliphatic carbocycles. The molecule has 0 fully saturated rings. The van der Waals surface area contributed by atoms with Crippen molar-refractivity contribution in [3.63, 3.8) is 0 Å². The molecule has 0 saturated carbocycles. The third-order valence-electron chi connectivity index (χ3n) is 6.54. The first-order valence-electron chi connectivity index (χ1n) is 11.2. The number of nitro groups is 1. The molecule has 0 amide bonds. The minimum atomic E-state index is -0.823. The molecule has 1 atom stereocenters. The van der Waals surface area contributed by atoms with Crippen molar-refractivity contribution in [2.75, 3.05) is 19.1 Å². The molecule has 10 heteroatoms. The molecule has 10 nitrogen and oxygen atoms in total. The van der Waals surface area contributed by atoms with Crippen LogP contribution in [0.25, 0.3) is 0 Å². The van der Waals surface area contributed by atoms with Crippen molar-refractivity contribution in [3.8, 4) is 23.3 Å². The zero-order valence-electron chi connectivity index (χ0n) is 20.4. The SMILES string of the molecule is COc1ccc(N2C(N)=C(C#N)C(c3ccc(O)c(OC)c3)C3=C2CC(C)(C)CC3=O)c([N+](=O)[O-])c1. The predicted octanol–water partition coefficient (Wildman–Crippen LogP) is 4.26. The first-order chi connectivity index (χ1) is 17.0. The van der Waals surface area contributed by atoms with Crippen molar-refractivity contribution in [2.45, 2.75) is 32.6 Å². The molecule has 2 aromatic carbocycles. The smallest absolute Gasteiger partial charge is 0.296 e. The molecule has 2 aromatic rings. The minimum Gasteiger partial charge on any atom is -0.504 e. The number of phenolic OH excluding ortho intramolecular Hbond substituents is 1. The average molecular weight is 491 g/mol. The van der Waals surface area contributed by atoms with Crippen LogP contribution in [-0.4, -0.2) is 30.0 Å². The van der Waals surface area contributed by atoms with Gasteiger partial charge >= 0.3 is 0 Å². The summed E-state index contributed by atoms with van der Waals surface area (Å²) in [7, 11) is 2.81. The van der Waals surface area contributed by atoms with Gasteiger partial charge in [0.2, 0.25) is 0 Å². The van der Waals surface area contributed by atoms with Gasteiger partial charge in [-0.05, 0) is 41.7 Å². The molecule has 0 bridgehead atoms. The van der Waals surface area contributed by atoms with E-state index < -0.39 is 16.3 Å². The van der Waals surface area contributed by atoms with Gasteiger partial charge in [0.15, 0.2) is 17.3 Å². The van der Waals surface area contributed by atoms with Crippen molar-refractivity contribution in [1.82, 2.24) is 0 Å². The van der Waals surface area contributed by atoms with E-state index in [1.54, 1.807) is 18.2 Å². The van der Waals surface area contributed by atoms with E-state index in [1.165, 1.54) is 37.3 Å². The molecule has 2 aliphatic rings. The van der Waals surface area contributed by atoms with Crippen LogP contribution in [0, 0.1) is 26.9 Å². The van der Waals surface area contributed by atoms with Gasteiger partial charge in [-0.25, -0.2) is 0 Å². The predicted molar refractivity (Wildman–Crippen MR) is 131 cm³/mol. The van der Waals surface area contributed by atoms with Gasteiger partial charge in [0.05, 0.1) is 42.8 Å². The number of ketones is 1. The molecule has 36 heavy (non-hydrogen) atoms. The van der Waals surface area contributed by atoms with E-state index in [-0.39, 0.29) is 52.2 Å². The third kappa shape index (κ3) is 3.98. The number of hydrogen-bond acceptors (Lipinski definition) is 9. The number of rotatable bonds is 5. The van der Waals surface area contributed by atoms with Gasteiger partial charge in [-0.15, -0.1) is 0 Å². The number of anilines is 1. The van der Waals surface area contributed by atoms with Crippen LogP contribution in [0.4, 0.5) is 11.4 Å². The lowest BCUT2D eigenvalue weighted by Gasteiger charge is -2.43. The largest absolute Gasteiger partial charge is 0.504 e. The Morgan fingerprint density at radius 3 is 2.53 bits per heavy atom. The Morgan fingerprint density at radius 1 is 1.19 bits per heavy atom. The molecule has 0 saturated heterocycles. The standard InChI is InChI=1S/C26H26N4O6/c1-26(2)11-19-24(21(32)12-26)23(14-5-8-20(31)22(9-14)36-4)16(13-27)25(28)29(19)17-7-6-15(35-3)10-18(17)30(33)34/h5-10,23,31H,11-12,28H2,1-4H3. The summed E-state index contributed by atoms with van der Waals surface area (Å²) in [6.07, 6.45) is 0.622. The Balaban J connectivity index is 2.04. The maximum Gasteiger partial charge on any atom is 0.296 e. The van der Waals surface area contributed by atoms with Gasteiger partial charge in [0.25, 0.3) is 5.69 Å². The van der Waals surface area contributed by atoms with E-state index in [9.17, 15) is 25.3 Å². The number of phenols is 1. The lowest BCUT2D eigenvalue weighted by molar-refractivity contribution is -0.384. The van der Waals surface area contributed by atoms with E-state index in [2.05, 4.69) is 6.07 Å². The van der Waals surface area contributed by atoms with Crippen LogP contribution in [0.15, 0.2) is 59.1 Å². The third-order valence-corrected chi connectivity index (χ3v) is 6.54. The minimum absolute atomic E-state index is 0.00735. The zero-order chi connectivity index (χ0) is 26.4. The second-order valence-corrected chi connectivity index (χ2v) is 9.52. The Hall–Kier alpha value is -4.52. The number of nitro benzene ring substituents is 1. The van der Waals surface area contributed by atoms with Crippen LogP contribution in [0.1, 0.15) is 38.2 Å². The monoisotopic (exact) mass is 490 g/mol. The Morgan fingerprint density at radius 2 is 1.92 bits per heavy atom. The van der Waals surface area contributed by atoms with Gasteiger partial charge < -0.3 is 20.3 Å². The van der Waals surface area contributed by atoms with E-state index in [4.69, 9.17) is 15.2 Å². The number of nitriles is 1. The fourth-order valence-electron chi connectivity index (χ4n) is 4.96. The Kier molecular flexibility index (Phi) is 6.10. The molecule has 1 unspecified atom stereocenters. The van der Waals surface area contributed by atoms with Crippen molar-refractivity contribution < 1.29 is 24.3 Å². The molecule has 3 N–H and O–H groups in total. The number of carbonyl (C=O) groups excluding carboxylic acids is 1. The zero-order valence-corrected chi connectivity index (χ0v) is 20.4. The number of nitrogens with two attached hydrogens (primary N) is 1. The number of Topliss-reactive ketones (excluding diaryl/α,β-unsaturated/α-hetero) is 1. The number of methoxy groups -OCH3 is 2. The Labute approximate surface area is 208 Å². The highest BCUT2D eigenvalue weighted by molar-refractivity contribution is 6.02. The van der Waals surface area contributed by atoms with E-state index in [1.807, 2.05) is 13.8 Å². The van der Waals surface area contributed by atoms with Gasteiger partial charge in [0.1, 0.15) is 17.3 Å². The number of benzene rings is 2. The molecule has 186 valence electrons. The second-order valence-electron chi connectivity index (χ2n) is 9.52. The average Bonchev–Trinajstić information content (AvgIpc) is 2.82. The van der Waals surface area contributed by atoms with E-state index >= 15 is 0 Å². The normalized spacial score (nSPS) is 19.0. The van der Waals surface area contributed by atoms with Crippen molar-refractivity contribution in [2.24, 2.45) is 11.1 Å². The molecule has 0 radical (unpaired) electrons. The summed E-state index contributed by atoms with van der Waals surface area (Å²) in [6, 6.07) is 11.1. The van der Waals surface area contributed by atoms with Crippen molar-refractivity contribution >= 4 is 17.2 Å². The summed E-state index contributed by atoms with van der Waals surface area (Å²) >= 11 is 0. The van der Waals surface area contributed by atoms with Crippen molar-refractivity contribution in [1.29, 1.82) is 5.26 Å². The topological polar surface area (TPSA) is 152 Å². The molecule has 1 aliphatic heterocycles. The molecule has 0 spiro atoms. The van der Waals surface area contributed by atoms with Gasteiger partial charge in [0, 0.05) is 17.7 Å². The van der Waals surface area contributed by atoms with Gasteiger partial charge in [-0.2, -0.15) is 5.26 Å². The first-order valence-corrected chi connectivity index (χ1v) is 11.2. The number of allylic oxidation sites excluding steroid dienone is 3. The summed E-state index contributed by atoms with van der Waals surface area (Å²) in [5.74, 6) is -0.632. The molecular formula is C26H26N4O6. The Bertz CT molecular complexity index is 1390. The summed E-state index contributed by atoms with van der Waals surface area (Å²) in [6.45, 7) is 3.88. The summed E-state index contributed by atoms with van der Waals surface area (Å²) < 4.78 is 10.4. The molecular weight excluding hydrogens is 464 g/mol. The number of hydrogen-bond donors (Lipinski definition) is 2. The van der Waals surface area contributed by atoms with E-state index in [0.29, 0.717) is 23.3 Å². The number of ether oxygens (including phenoxy) is 2. The molecule has 1 heterocycles. The number of aromatic hydroxyl groups is 1. The van der Waals surface area contributed by atoms with E-state index in [0.717, 1.165) is 0 Å². The molecule has 4 rings (SSSR count). The maximum atomic E-state index is 13.6. The fourth-order valence-corrected chi connectivity index (χ4v) is 4.96. The van der Waals surface area contributed by atoms with Crippen LogP contribution in [0.2, 0.25) is 0 Å². The lowest BCUT2D eigenvalue weighted by Crippen LogP contribution is -2.42. The van der Waals surface area contributed by atoms with Crippen LogP contribution < -0.4 is 20.1 Å². The highest BCUT2D eigenvalue weighted by Gasteiger charge is 2.46. The summed E-state index contributed by atoms with van der Waals surface area (Å²) in [4.78, 5) is 26.5. The second kappa shape index (κ2) is 8.92. The van der Waals surface area contributed by atoms with Crippen molar-refractivity contribution in [3.05, 3.63) is 74.7 Å². The quantitative estimate of drug-likeness (QED) is 0.462. The fraction of sp³-hybridized carbons (Fsp3) is 0.308. The van der Waals surface area contributed by atoms with Gasteiger partial charge in [-0.3, -0.25) is 19.8 Å². The highest BCUT2D eigenvalue weighted by Crippen LogP contribution is 2.52. The molecule has 0 aromatic heterocycles. The van der Waals surface area contributed by atoms with Crippen LogP contribution in [-0.2, 0) is 4.79 Å². The highest BCUT2D eigenvalue weighted by atomic mass is 16.6. The van der Waals surface area contributed by atoms with Crippen LogP contribution in [0.3, 0.4) is 0 Å². The van der Waals surface area contributed by atoms with Gasteiger partial charge in [-0.1, -0.05) is 19.9 Å². The maximum absolute atomic E-state index is 13.6. The van der Waals surface area contributed by atoms with Crippen LogP contribution >= 0.6 is 0 Å². The summed E-state index contributed by atoms with van der Waals surface area (Å²) in [5, 5.41) is 32.3. The van der Waals surface area contributed by atoms with Crippen LogP contribution in [0.5, 0.6) is 17.2 Å². The lowest BCUT2D eigenvalue weighted by atomic mass is 9.68. The number of carbonyl (C=O) groups is 1. The summed E-state index contributed by atoms with van der Waals surface area (Å²) in [5.41, 5.74) is 7.43. The first kappa shape index (κ1) is 24.6. The number of nitrogens with zero attached hydrogens (tertiary/aromatic N) is 3.